The van der Waals surface area contributed by atoms with Crippen molar-refractivity contribution >= 4 is 43.7 Å². The fourth-order valence-corrected chi connectivity index (χ4v) is 7.13. The van der Waals surface area contributed by atoms with Crippen LogP contribution in [0.1, 0.15) is 26.3 Å². The van der Waals surface area contributed by atoms with Crippen LogP contribution in [0.3, 0.4) is 0 Å². The lowest BCUT2D eigenvalue weighted by atomic mass is 9.82. The number of rotatable bonds is 4. The number of imidazole rings is 1. The van der Waals surface area contributed by atoms with Crippen LogP contribution >= 0.6 is 0 Å². The molecule has 0 aliphatic heterocycles. The minimum absolute atomic E-state index is 0.0680. The predicted octanol–water partition coefficient (Wildman–Crippen LogP) is 12.4. The Kier molecular flexibility index (Phi) is 6.38. The summed E-state index contributed by atoms with van der Waals surface area (Å²) in [5.41, 5.74) is 11.6. The molecule has 0 amide bonds. The van der Waals surface area contributed by atoms with Gasteiger partial charge in [0.05, 0.1) is 22.3 Å². The molecule has 0 unspecified atom stereocenters. The molecule has 0 saturated carbocycles. The SMILES string of the molecule is CC(C)(C)c1cc(-c2ccccc2)c(-n2c(-c3cccc4c3oc3ccccc34)nc3c4ccccc4ccc32)c(-c2ccccc2)c1. The van der Waals surface area contributed by atoms with Crippen LogP contribution in [-0.4, -0.2) is 9.55 Å². The van der Waals surface area contributed by atoms with Crippen molar-refractivity contribution in [2.75, 3.05) is 0 Å². The lowest BCUT2D eigenvalue weighted by Crippen LogP contribution is -2.13. The maximum absolute atomic E-state index is 6.65. The lowest BCUT2D eigenvalue weighted by molar-refractivity contribution is 0.590. The van der Waals surface area contributed by atoms with Gasteiger partial charge in [-0.25, -0.2) is 4.98 Å². The first-order valence-corrected chi connectivity index (χ1v) is 16.6. The number of hydrogen-bond donors (Lipinski definition) is 0. The molecule has 3 nitrogen and oxygen atoms in total. The quantitative estimate of drug-likeness (QED) is 0.196. The second-order valence-corrected chi connectivity index (χ2v) is 13.6. The predicted molar refractivity (Wildman–Crippen MR) is 201 cm³/mol. The second-order valence-electron chi connectivity index (χ2n) is 13.6. The third-order valence-electron chi connectivity index (χ3n) is 9.56. The summed E-state index contributed by atoms with van der Waals surface area (Å²) in [6, 6.07) is 54.0. The van der Waals surface area contributed by atoms with Crippen molar-refractivity contribution in [3.8, 4) is 39.3 Å². The molecule has 48 heavy (non-hydrogen) atoms. The van der Waals surface area contributed by atoms with Gasteiger partial charge < -0.3 is 4.42 Å². The first-order valence-electron chi connectivity index (χ1n) is 16.6. The van der Waals surface area contributed by atoms with Gasteiger partial charge in [0.15, 0.2) is 0 Å². The van der Waals surface area contributed by atoms with Crippen molar-refractivity contribution in [1.29, 1.82) is 0 Å². The molecule has 0 atom stereocenters. The molecule has 0 radical (unpaired) electrons. The highest BCUT2D eigenvalue weighted by molar-refractivity contribution is 6.11. The van der Waals surface area contributed by atoms with Crippen molar-refractivity contribution in [1.82, 2.24) is 9.55 Å². The molecule has 0 saturated heterocycles. The molecule has 7 aromatic carbocycles. The Morgan fingerprint density at radius 2 is 1.15 bits per heavy atom. The third kappa shape index (κ3) is 4.46. The summed E-state index contributed by atoms with van der Waals surface area (Å²) in [7, 11) is 0. The van der Waals surface area contributed by atoms with Gasteiger partial charge >= 0.3 is 0 Å². The zero-order valence-corrected chi connectivity index (χ0v) is 27.2. The lowest BCUT2D eigenvalue weighted by Gasteiger charge is -2.26. The van der Waals surface area contributed by atoms with Crippen molar-refractivity contribution in [2.45, 2.75) is 26.2 Å². The zero-order chi connectivity index (χ0) is 32.4. The molecule has 9 aromatic rings. The van der Waals surface area contributed by atoms with Crippen LogP contribution in [0.15, 0.2) is 156 Å². The van der Waals surface area contributed by atoms with E-state index in [1.165, 1.54) is 5.56 Å². The highest BCUT2D eigenvalue weighted by Gasteiger charge is 2.27. The maximum Gasteiger partial charge on any atom is 0.149 e. The first-order chi connectivity index (χ1) is 23.5. The average molecular weight is 619 g/mol. The van der Waals surface area contributed by atoms with E-state index in [4.69, 9.17) is 9.40 Å². The van der Waals surface area contributed by atoms with Gasteiger partial charge in [-0.1, -0.05) is 142 Å². The minimum Gasteiger partial charge on any atom is -0.455 e. The third-order valence-corrected chi connectivity index (χ3v) is 9.56. The van der Waals surface area contributed by atoms with Crippen LogP contribution in [0.2, 0.25) is 0 Å². The maximum atomic E-state index is 6.65. The van der Waals surface area contributed by atoms with E-state index in [2.05, 4.69) is 165 Å². The summed E-state index contributed by atoms with van der Waals surface area (Å²) in [6.45, 7) is 6.87. The number of fused-ring (bicyclic) bond motifs is 6. The molecular formula is C45H34N2O. The highest BCUT2D eigenvalue weighted by atomic mass is 16.3. The molecule has 3 heteroatoms. The van der Waals surface area contributed by atoms with Crippen LogP contribution < -0.4 is 0 Å². The summed E-state index contributed by atoms with van der Waals surface area (Å²) < 4.78 is 9.04. The molecule has 2 aromatic heterocycles. The number of benzene rings is 7. The fraction of sp³-hybridized carbons (Fsp3) is 0.0889. The Morgan fingerprint density at radius 3 is 1.83 bits per heavy atom. The molecule has 0 spiro atoms. The van der Waals surface area contributed by atoms with Crippen LogP contribution in [0.25, 0.3) is 83.1 Å². The number of nitrogens with zero attached hydrogens (tertiary/aromatic N) is 2. The van der Waals surface area contributed by atoms with Gasteiger partial charge in [0.25, 0.3) is 0 Å². The topological polar surface area (TPSA) is 31.0 Å². The van der Waals surface area contributed by atoms with E-state index in [0.717, 1.165) is 83.1 Å². The molecule has 0 fully saturated rings. The van der Waals surface area contributed by atoms with Crippen LogP contribution in [0.4, 0.5) is 0 Å². The van der Waals surface area contributed by atoms with Crippen LogP contribution in [-0.2, 0) is 5.41 Å². The summed E-state index contributed by atoms with van der Waals surface area (Å²) >= 11 is 0. The molecule has 0 bridgehead atoms. The molecule has 0 aliphatic rings. The Morgan fingerprint density at radius 1 is 0.542 bits per heavy atom. The van der Waals surface area contributed by atoms with E-state index < -0.39 is 0 Å². The van der Waals surface area contributed by atoms with Crippen molar-refractivity contribution in [3.05, 3.63) is 157 Å². The highest BCUT2D eigenvalue weighted by Crippen LogP contribution is 2.45. The zero-order valence-electron chi connectivity index (χ0n) is 27.2. The van der Waals surface area contributed by atoms with E-state index in [-0.39, 0.29) is 5.41 Å². The van der Waals surface area contributed by atoms with Crippen molar-refractivity contribution < 1.29 is 4.42 Å². The van der Waals surface area contributed by atoms with Crippen LogP contribution in [0.5, 0.6) is 0 Å². The molecular weight excluding hydrogens is 585 g/mol. The fourth-order valence-electron chi connectivity index (χ4n) is 7.13. The van der Waals surface area contributed by atoms with Gasteiger partial charge in [0.2, 0.25) is 0 Å². The van der Waals surface area contributed by atoms with Crippen molar-refractivity contribution in [2.24, 2.45) is 0 Å². The van der Waals surface area contributed by atoms with Gasteiger partial charge in [0, 0.05) is 27.3 Å². The van der Waals surface area contributed by atoms with E-state index in [0.29, 0.717) is 0 Å². The normalized spacial score (nSPS) is 12.1. The van der Waals surface area contributed by atoms with Gasteiger partial charge in [0.1, 0.15) is 17.0 Å². The first kappa shape index (κ1) is 28.3. The Balaban J connectivity index is 1.49. The average Bonchev–Trinajstić information content (AvgIpc) is 3.70. The smallest absolute Gasteiger partial charge is 0.149 e. The standard InChI is InChI=1S/C45H34N2O/c1-45(2,3)32-27-37(29-15-6-4-7-16-29)42(38(28-32)30-17-8-5-9-18-30)47-39-26-25-31-19-10-11-20-33(31)41(39)46-44(47)36-23-14-22-35-34-21-12-13-24-40(34)48-43(35)36/h4-28H,1-3H3. The largest absolute Gasteiger partial charge is 0.455 e. The number of furan rings is 1. The Hall–Kier alpha value is -5.93. The van der Waals surface area contributed by atoms with E-state index >= 15 is 0 Å². The molecule has 0 aliphatic carbocycles. The van der Waals surface area contributed by atoms with E-state index in [1.807, 2.05) is 12.1 Å². The van der Waals surface area contributed by atoms with Crippen LogP contribution in [0, 0.1) is 0 Å². The molecule has 230 valence electrons. The minimum atomic E-state index is -0.0680. The molecule has 0 N–H and O–H groups in total. The number of para-hydroxylation sites is 2. The van der Waals surface area contributed by atoms with Crippen molar-refractivity contribution in [3.63, 3.8) is 0 Å². The Bertz CT molecular complexity index is 2580. The molecule has 2 heterocycles. The number of hydrogen-bond acceptors (Lipinski definition) is 2. The summed E-state index contributed by atoms with van der Waals surface area (Å²) in [6.07, 6.45) is 0. The summed E-state index contributed by atoms with van der Waals surface area (Å²) in [4.78, 5) is 5.55. The second kappa shape index (κ2) is 10.8. The number of aromatic nitrogens is 2. The van der Waals surface area contributed by atoms with Gasteiger partial charge in [-0.3, -0.25) is 4.57 Å². The van der Waals surface area contributed by atoms with E-state index in [1.54, 1.807) is 0 Å². The Labute approximate surface area is 279 Å². The monoisotopic (exact) mass is 618 g/mol. The van der Waals surface area contributed by atoms with Gasteiger partial charge in [-0.2, -0.15) is 0 Å². The summed E-state index contributed by atoms with van der Waals surface area (Å²) in [5.74, 6) is 0.851. The van der Waals surface area contributed by atoms with Gasteiger partial charge in [-0.15, -0.1) is 0 Å². The molecule has 9 rings (SSSR count). The van der Waals surface area contributed by atoms with E-state index in [9.17, 15) is 0 Å². The van der Waals surface area contributed by atoms with Gasteiger partial charge in [-0.05, 0) is 57.8 Å². The summed E-state index contributed by atoms with van der Waals surface area (Å²) in [5, 5.41) is 4.48.